The Kier molecular flexibility index (Phi) is 6.55. The Bertz CT molecular complexity index is 1170. The molecule has 1 N–H and O–H groups in total. The minimum Gasteiger partial charge on any atom is -0.410 e. The number of carbonyl (C=O) groups excluding carboxylic acids is 1. The van der Waals surface area contributed by atoms with Crippen LogP contribution < -0.4 is 4.74 Å². The highest BCUT2D eigenvalue weighted by Crippen LogP contribution is 2.32. The first kappa shape index (κ1) is 22.7. The van der Waals surface area contributed by atoms with Crippen LogP contribution in [0.5, 0.6) is 5.75 Å². The maximum Gasteiger partial charge on any atom is 0.415 e. The SMILES string of the molecule is CCc1[nH]nc(-c2cnn(C)c2)c1/C=C(\C)c1c(F)cc(OC(=O)N2CCOCC2)cc1F. The quantitative estimate of drug-likeness (QED) is 0.625. The molecule has 0 aliphatic carbocycles. The van der Waals surface area contributed by atoms with Gasteiger partial charge in [0.2, 0.25) is 0 Å². The van der Waals surface area contributed by atoms with Crippen LogP contribution in [0.4, 0.5) is 13.6 Å². The normalized spacial score (nSPS) is 14.6. The predicted molar refractivity (Wildman–Crippen MR) is 118 cm³/mol. The van der Waals surface area contributed by atoms with Crippen molar-refractivity contribution < 1.29 is 23.0 Å². The highest BCUT2D eigenvalue weighted by atomic mass is 19.1. The van der Waals surface area contributed by atoms with Gasteiger partial charge in [-0.25, -0.2) is 13.6 Å². The number of rotatable bonds is 5. The van der Waals surface area contributed by atoms with E-state index >= 15 is 0 Å². The highest BCUT2D eigenvalue weighted by Gasteiger charge is 2.22. The number of allylic oxidation sites excluding steroid dienone is 1. The van der Waals surface area contributed by atoms with Gasteiger partial charge in [0.15, 0.2) is 0 Å². The summed E-state index contributed by atoms with van der Waals surface area (Å²) in [6.45, 7) is 5.12. The van der Waals surface area contributed by atoms with Crippen LogP contribution in [0.25, 0.3) is 22.9 Å². The smallest absolute Gasteiger partial charge is 0.410 e. The van der Waals surface area contributed by atoms with Gasteiger partial charge < -0.3 is 14.4 Å². The zero-order valence-electron chi connectivity index (χ0n) is 18.7. The number of nitrogens with zero attached hydrogens (tertiary/aromatic N) is 4. The lowest BCUT2D eigenvalue weighted by Gasteiger charge is -2.25. The summed E-state index contributed by atoms with van der Waals surface area (Å²) >= 11 is 0. The zero-order valence-corrected chi connectivity index (χ0v) is 18.7. The fourth-order valence-corrected chi connectivity index (χ4v) is 3.76. The second-order valence-corrected chi connectivity index (χ2v) is 7.78. The molecule has 1 fully saturated rings. The van der Waals surface area contributed by atoms with Crippen LogP contribution in [0.15, 0.2) is 24.5 Å². The average Bonchev–Trinajstić information content (AvgIpc) is 3.39. The van der Waals surface area contributed by atoms with Crippen LogP contribution in [0.1, 0.15) is 30.7 Å². The molecule has 0 spiro atoms. The third-order valence-electron chi connectivity index (χ3n) is 5.46. The Morgan fingerprint density at radius 3 is 2.58 bits per heavy atom. The number of benzene rings is 1. The van der Waals surface area contributed by atoms with Crippen LogP contribution in [0.3, 0.4) is 0 Å². The van der Waals surface area contributed by atoms with Gasteiger partial charge >= 0.3 is 6.09 Å². The molecular formula is C23H25F2N5O3. The minimum atomic E-state index is -0.821. The molecule has 0 saturated carbocycles. The van der Waals surface area contributed by atoms with Crippen molar-refractivity contribution in [1.29, 1.82) is 0 Å². The first-order valence-electron chi connectivity index (χ1n) is 10.7. The van der Waals surface area contributed by atoms with E-state index in [0.717, 1.165) is 29.0 Å². The molecule has 10 heteroatoms. The van der Waals surface area contributed by atoms with Crippen LogP contribution >= 0.6 is 0 Å². The molecule has 1 saturated heterocycles. The van der Waals surface area contributed by atoms with E-state index in [2.05, 4.69) is 15.3 Å². The van der Waals surface area contributed by atoms with Crippen LogP contribution in [-0.4, -0.2) is 57.3 Å². The third-order valence-corrected chi connectivity index (χ3v) is 5.46. The van der Waals surface area contributed by atoms with Crippen LogP contribution in [0.2, 0.25) is 0 Å². The summed E-state index contributed by atoms with van der Waals surface area (Å²) in [4.78, 5) is 13.7. The van der Waals surface area contributed by atoms with Gasteiger partial charge in [-0.15, -0.1) is 0 Å². The van der Waals surface area contributed by atoms with Crippen molar-refractivity contribution in [1.82, 2.24) is 24.9 Å². The predicted octanol–water partition coefficient (Wildman–Crippen LogP) is 4.04. The minimum absolute atomic E-state index is 0.188. The van der Waals surface area contributed by atoms with E-state index < -0.39 is 17.7 Å². The van der Waals surface area contributed by atoms with Crippen molar-refractivity contribution in [3.8, 4) is 17.0 Å². The van der Waals surface area contributed by atoms with E-state index in [1.807, 2.05) is 13.1 Å². The average molecular weight is 457 g/mol. The summed E-state index contributed by atoms with van der Waals surface area (Å²) in [5, 5.41) is 11.5. The molecule has 1 aromatic carbocycles. The van der Waals surface area contributed by atoms with E-state index in [0.29, 0.717) is 44.0 Å². The van der Waals surface area contributed by atoms with E-state index in [1.54, 1.807) is 30.9 Å². The molecule has 0 bridgehead atoms. The molecule has 0 atom stereocenters. The third kappa shape index (κ3) is 4.80. The number of ether oxygens (including phenoxy) is 2. The largest absolute Gasteiger partial charge is 0.415 e. The van der Waals surface area contributed by atoms with Gasteiger partial charge in [0.25, 0.3) is 0 Å². The van der Waals surface area contributed by atoms with Gasteiger partial charge in [-0.2, -0.15) is 10.2 Å². The van der Waals surface area contributed by atoms with Crippen molar-refractivity contribution in [2.45, 2.75) is 20.3 Å². The maximum atomic E-state index is 14.9. The molecule has 1 aliphatic heterocycles. The number of carbonyl (C=O) groups is 1. The van der Waals surface area contributed by atoms with Crippen molar-refractivity contribution >= 4 is 17.7 Å². The van der Waals surface area contributed by atoms with Crippen LogP contribution in [0, 0.1) is 11.6 Å². The summed E-state index contributed by atoms with van der Waals surface area (Å²) in [6, 6.07) is 2.04. The fourth-order valence-electron chi connectivity index (χ4n) is 3.76. The van der Waals surface area contributed by atoms with Crippen molar-refractivity contribution in [3.63, 3.8) is 0 Å². The molecule has 3 aromatic rings. The number of halogens is 2. The molecule has 3 heterocycles. The summed E-state index contributed by atoms with van der Waals surface area (Å²) in [5.41, 5.74) is 3.20. The summed E-state index contributed by atoms with van der Waals surface area (Å²) in [7, 11) is 1.80. The highest BCUT2D eigenvalue weighted by molar-refractivity contribution is 5.86. The molecule has 2 aromatic heterocycles. The number of morpholine rings is 1. The second kappa shape index (κ2) is 9.53. The summed E-state index contributed by atoms with van der Waals surface area (Å²) in [5.74, 6) is -1.83. The van der Waals surface area contributed by atoms with Crippen molar-refractivity contribution in [3.05, 3.63) is 53.0 Å². The Morgan fingerprint density at radius 1 is 1.27 bits per heavy atom. The number of aromatic amines is 1. The molecule has 0 radical (unpaired) electrons. The monoisotopic (exact) mass is 457 g/mol. The number of hydrogen-bond donors (Lipinski definition) is 1. The number of aromatic nitrogens is 4. The lowest BCUT2D eigenvalue weighted by atomic mass is 10.00. The summed E-state index contributed by atoms with van der Waals surface area (Å²) < 4.78 is 41.9. The number of amides is 1. The Labute approximate surface area is 189 Å². The molecule has 1 amide bonds. The van der Waals surface area contributed by atoms with E-state index in [4.69, 9.17) is 9.47 Å². The molecule has 0 unspecified atom stereocenters. The number of nitrogens with one attached hydrogen (secondary N) is 1. The zero-order chi connectivity index (χ0) is 23.5. The first-order valence-corrected chi connectivity index (χ1v) is 10.7. The number of aryl methyl sites for hydroxylation is 2. The fraction of sp³-hybridized carbons (Fsp3) is 0.348. The van der Waals surface area contributed by atoms with E-state index in [9.17, 15) is 13.6 Å². The lowest BCUT2D eigenvalue weighted by Crippen LogP contribution is -2.42. The second-order valence-electron chi connectivity index (χ2n) is 7.78. The maximum absolute atomic E-state index is 14.9. The van der Waals surface area contributed by atoms with Gasteiger partial charge in [-0.05, 0) is 25.0 Å². The number of H-pyrrole nitrogens is 1. The molecule has 8 nitrogen and oxygen atoms in total. The molecule has 174 valence electrons. The van der Waals surface area contributed by atoms with E-state index in [1.165, 1.54) is 4.90 Å². The van der Waals surface area contributed by atoms with Gasteiger partial charge in [0, 0.05) is 60.9 Å². The first-order chi connectivity index (χ1) is 15.9. The van der Waals surface area contributed by atoms with Gasteiger partial charge in [-0.3, -0.25) is 9.78 Å². The Balaban J connectivity index is 1.63. The van der Waals surface area contributed by atoms with E-state index in [-0.39, 0.29) is 11.3 Å². The molecule has 1 aliphatic rings. The Hall–Kier alpha value is -3.53. The standard InChI is InChI=1S/C23H25F2N5O3/c1-4-20-17(22(28-27-20)15-12-26-29(3)13-15)9-14(2)21-18(24)10-16(11-19(21)25)33-23(31)30-5-7-32-8-6-30/h9-13H,4-8H2,1-3H3,(H,27,28)/b14-9+. The number of hydrogen-bond acceptors (Lipinski definition) is 5. The molecular weight excluding hydrogens is 432 g/mol. The van der Waals surface area contributed by atoms with Crippen LogP contribution in [-0.2, 0) is 18.2 Å². The molecule has 4 rings (SSSR count). The lowest BCUT2D eigenvalue weighted by molar-refractivity contribution is 0.0415. The topological polar surface area (TPSA) is 85.3 Å². The van der Waals surface area contributed by atoms with Gasteiger partial charge in [0.1, 0.15) is 23.1 Å². The Morgan fingerprint density at radius 2 is 1.97 bits per heavy atom. The summed E-state index contributed by atoms with van der Waals surface area (Å²) in [6.07, 6.45) is 5.20. The van der Waals surface area contributed by atoms with Gasteiger partial charge in [-0.1, -0.05) is 6.92 Å². The molecule has 33 heavy (non-hydrogen) atoms. The van der Waals surface area contributed by atoms with Crippen molar-refractivity contribution in [2.75, 3.05) is 26.3 Å². The van der Waals surface area contributed by atoms with Gasteiger partial charge in [0.05, 0.1) is 19.4 Å². The van der Waals surface area contributed by atoms with Crippen molar-refractivity contribution in [2.24, 2.45) is 7.05 Å².